The van der Waals surface area contributed by atoms with Gasteiger partial charge in [-0.1, -0.05) is 6.07 Å². The summed E-state index contributed by atoms with van der Waals surface area (Å²) >= 11 is 0. The molecule has 7 nitrogen and oxygen atoms in total. The standard InChI is InChI=1S/C13H7F3N6O/c14-13(15,16)7-3-1-2-6-9(7)18-12(23)22-11(6)19-10(21-22)8-4-5-17-20-8/h1-5H,(H,17,20)(H,18,23). The van der Waals surface area contributed by atoms with Gasteiger partial charge in [0.05, 0.1) is 11.1 Å². The molecule has 4 rings (SSSR count). The summed E-state index contributed by atoms with van der Waals surface area (Å²) in [7, 11) is 0. The van der Waals surface area contributed by atoms with Crippen LogP contribution in [0.25, 0.3) is 28.1 Å². The van der Waals surface area contributed by atoms with E-state index in [1.807, 2.05) is 0 Å². The quantitative estimate of drug-likeness (QED) is 0.561. The van der Waals surface area contributed by atoms with Gasteiger partial charge in [-0.05, 0) is 18.2 Å². The minimum Gasteiger partial charge on any atom is -0.305 e. The molecule has 3 heterocycles. The van der Waals surface area contributed by atoms with Crippen LogP contribution in [0.15, 0.2) is 35.3 Å². The lowest BCUT2D eigenvalue weighted by Gasteiger charge is -2.09. The van der Waals surface area contributed by atoms with Crippen molar-refractivity contribution in [2.24, 2.45) is 0 Å². The van der Waals surface area contributed by atoms with Gasteiger partial charge in [0.1, 0.15) is 5.69 Å². The Kier molecular flexibility index (Phi) is 2.59. The van der Waals surface area contributed by atoms with Crippen LogP contribution in [0.4, 0.5) is 13.2 Å². The molecule has 0 saturated carbocycles. The van der Waals surface area contributed by atoms with Gasteiger partial charge in [0.2, 0.25) is 5.82 Å². The number of aromatic amines is 2. The fourth-order valence-corrected chi connectivity index (χ4v) is 2.39. The number of alkyl halides is 3. The largest absolute Gasteiger partial charge is 0.418 e. The van der Waals surface area contributed by atoms with Crippen LogP contribution in [0, 0.1) is 0 Å². The Morgan fingerprint density at radius 2 is 2.00 bits per heavy atom. The Bertz CT molecular complexity index is 1080. The minimum atomic E-state index is -4.59. The number of para-hydroxylation sites is 1. The second-order valence-corrected chi connectivity index (χ2v) is 4.79. The molecule has 2 N–H and O–H groups in total. The van der Waals surface area contributed by atoms with Crippen LogP contribution in [-0.2, 0) is 6.18 Å². The smallest absolute Gasteiger partial charge is 0.305 e. The van der Waals surface area contributed by atoms with E-state index in [-0.39, 0.29) is 22.4 Å². The van der Waals surface area contributed by atoms with Crippen molar-refractivity contribution in [1.29, 1.82) is 0 Å². The van der Waals surface area contributed by atoms with Crippen LogP contribution in [0.2, 0.25) is 0 Å². The number of nitrogens with one attached hydrogen (secondary N) is 2. The van der Waals surface area contributed by atoms with Crippen molar-refractivity contribution < 1.29 is 13.2 Å². The molecule has 0 fully saturated rings. The van der Waals surface area contributed by atoms with Gasteiger partial charge in [0.15, 0.2) is 5.65 Å². The highest BCUT2D eigenvalue weighted by Crippen LogP contribution is 2.34. The van der Waals surface area contributed by atoms with E-state index in [4.69, 9.17) is 0 Å². The van der Waals surface area contributed by atoms with Crippen LogP contribution < -0.4 is 5.69 Å². The van der Waals surface area contributed by atoms with Gasteiger partial charge in [0, 0.05) is 11.6 Å². The summed E-state index contributed by atoms with van der Waals surface area (Å²) < 4.78 is 40.2. The number of nitrogens with zero attached hydrogens (tertiary/aromatic N) is 4. The van der Waals surface area contributed by atoms with Crippen molar-refractivity contribution in [3.05, 3.63) is 46.5 Å². The van der Waals surface area contributed by atoms with E-state index in [0.29, 0.717) is 5.69 Å². The summed E-state index contributed by atoms with van der Waals surface area (Å²) in [4.78, 5) is 18.4. The highest BCUT2D eigenvalue weighted by molar-refractivity contribution is 5.93. The topological polar surface area (TPSA) is 91.7 Å². The summed E-state index contributed by atoms with van der Waals surface area (Å²) in [5.74, 6) is 0.140. The molecule has 0 amide bonds. The van der Waals surface area contributed by atoms with Crippen molar-refractivity contribution in [2.75, 3.05) is 0 Å². The first-order valence-electron chi connectivity index (χ1n) is 6.44. The van der Waals surface area contributed by atoms with E-state index >= 15 is 0 Å². The molecule has 10 heteroatoms. The molecule has 0 aliphatic carbocycles. The maximum absolute atomic E-state index is 13.1. The second-order valence-electron chi connectivity index (χ2n) is 4.79. The Labute approximate surface area is 124 Å². The molecule has 0 spiro atoms. The molecule has 0 atom stereocenters. The zero-order valence-corrected chi connectivity index (χ0v) is 11.2. The average molecular weight is 320 g/mol. The number of benzene rings is 1. The van der Waals surface area contributed by atoms with E-state index < -0.39 is 17.4 Å². The van der Waals surface area contributed by atoms with Crippen LogP contribution in [0.5, 0.6) is 0 Å². The third-order valence-electron chi connectivity index (χ3n) is 3.37. The Morgan fingerprint density at radius 1 is 1.17 bits per heavy atom. The summed E-state index contributed by atoms with van der Waals surface area (Å²) in [6.45, 7) is 0. The third kappa shape index (κ3) is 1.99. The zero-order valence-electron chi connectivity index (χ0n) is 11.2. The van der Waals surface area contributed by atoms with Crippen LogP contribution in [0.3, 0.4) is 0 Å². The Hall–Kier alpha value is -3.17. The van der Waals surface area contributed by atoms with Gasteiger partial charge in [0.25, 0.3) is 0 Å². The van der Waals surface area contributed by atoms with E-state index in [9.17, 15) is 18.0 Å². The summed E-state index contributed by atoms with van der Waals surface area (Å²) in [5, 5.41) is 10.6. The first-order valence-corrected chi connectivity index (χ1v) is 6.44. The van der Waals surface area contributed by atoms with E-state index in [1.54, 1.807) is 12.3 Å². The second kappa shape index (κ2) is 4.41. The molecule has 0 unspecified atom stereocenters. The maximum Gasteiger partial charge on any atom is 0.418 e. The van der Waals surface area contributed by atoms with Gasteiger partial charge in [-0.25, -0.2) is 9.78 Å². The molecule has 0 bridgehead atoms. The molecular formula is C13H7F3N6O. The number of rotatable bonds is 1. The molecule has 0 radical (unpaired) electrons. The Balaban J connectivity index is 2.12. The molecule has 0 aliphatic heterocycles. The number of H-pyrrole nitrogens is 2. The number of hydrogen-bond acceptors (Lipinski definition) is 4. The fourth-order valence-electron chi connectivity index (χ4n) is 2.39. The van der Waals surface area contributed by atoms with Crippen molar-refractivity contribution in [2.45, 2.75) is 6.18 Å². The molecule has 116 valence electrons. The molecular weight excluding hydrogens is 313 g/mol. The number of hydrogen-bond donors (Lipinski definition) is 2. The minimum absolute atomic E-state index is 0.0350. The lowest BCUT2D eigenvalue weighted by molar-refractivity contribution is -0.136. The molecule has 3 aromatic heterocycles. The molecule has 23 heavy (non-hydrogen) atoms. The molecule has 1 aromatic carbocycles. The van der Waals surface area contributed by atoms with Gasteiger partial charge in [-0.2, -0.15) is 22.8 Å². The molecule has 0 saturated heterocycles. The highest BCUT2D eigenvalue weighted by Gasteiger charge is 2.33. The third-order valence-corrected chi connectivity index (χ3v) is 3.37. The van der Waals surface area contributed by atoms with Crippen LogP contribution in [0.1, 0.15) is 5.56 Å². The monoisotopic (exact) mass is 320 g/mol. The van der Waals surface area contributed by atoms with Crippen molar-refractivity contribution in [3.8, 4) is 11.5 Å². The van der Waals surface area contributed by atoms with Gasteiger partial charge in [-0.3, -0.25) is 5.10 Å². The number of halogens is 3. The summed E-state index contributed by atoms with van der Waals surface area (Å²) in [6.07, 6.45) is -3.04. The SMILES string of the molecule is O=c1[nH]c2c(C(F)(F)F)cccc2c2nc(-c3cc[nH]n3)nn12. The van der Waals surface area contributed by atoms with Gasteiger partial charge in [-0.15, -0.1) is 5.10 Å². The highest BCUT2D eigenvalue weighted by atomic mass is 19.4. The van der Waals surface area contributed by atoms with Crippen molar-refractivity contribution in [1.82, 2.24) is 29.8 Å². The van der Waals surface area contributed by atoms with E-state index in [2.05, 4.69) is 25.3 Å². The lowest BCUT2D eigenvalue weighted by Crippen LogP contribution is -2.19. The van der Waals surface area contributed by atoms with Gasteiger partial charge < -0.3 is 4.98 Å². The first-order chi connectivity index (χ1) is 10.9. The van der Waals surface area contributed by atoms with Crippen molar-refractivity contribution in [3.63, 3.8) is 0 Å². The zero-order chi connectivity index (χ0) is 16.2. The number of fused-ring (bicyclic) bond motifs is 3. The fraction of sp³-hybridized carbons (Fsp3) is 0.0769. The predicted molar refractivity (Wildman–Crippen MR) is 73.7 cm³/mol. The average Bonchev–Trinajstić information content (AvgIpc) is 3.15. The number of aromatic nitrogens is 6. The Morgan fingerprint density at radius 3 is 2.70 bits per heavy atom. The summed E-state index contributed by atoms with van der Waals surface area (Å²) in [6, 6.07) is 5.19. The summed E-state index contributed by atoms with van der Waals surface area (Å²) in [5.41, 5.74) is -1.64. The first kappa shape index (κ1) is 13.5. The van der Waals surface area contributed by atoms with E-state index in [0.717, 1.165) is 10.6 Å². The maximum atomic E-state index is 13.1. The lowest BCUT2D eigenvalue weighted by atomic mass is 10.1. The molecule has 4 aromatic rings. The predicted octanol–water partition coefficient (Wildman–Crippen LogP) is 1.98. The van der Waals surface area contributed by atoms with Crippen LogP contribution in [-0.4, -0.2) is 29.8 Å². The normalized spacial score (nSPS) is 12.3. The van der Waals surface area contributed by atoms with Gasteiger partial charge >= 0.3 is 11.9 Å². The van der Waals surface area contributed by atoms with Crippen LogP contribution >= 0.6 is 0 Å². The van der Waals surface area contributed by atoms with E-state index in [1.165, 1.54) is 12.1 Å². The molecule has 0 aliphatic rings. The van der Waals surface area contributed by atoms with Crippen molar-refractivity contribution >= 4 is 16.6 Å².